The SMILES string of the molecule is C=CCNC(=O)c1sc(N2CCC(C)C2)cc1N. The molecule has 1 amide bonds. The maximum Gasteiger partial charge on any atom is 0.263 e. The first-order valence-electron chi connectivity index (χ1n) is 6.15. The molecule has 0 radical (unpaired) electrons. The molecule has 1 atom stereocenters. The van der Waals surface area contributed by atoms with Gasteiger partial charge in [-0.15, -0.1) is 17.9 Å². The van der Waals surface area contributed by atoms with Crippen LogP contribution in [0.1, 0.15) is 23.0 Å². The maximum absolute atomic E-state index is 11.9. The van der Waals surface area contributed by atoms with Gasteiger partial charge < -0.3 is 16.0 Å². The lowest BCUT2D eigenvalue weighted by Crippen LogP contribution is -2.23. The number of anilines is 2. The Morgan fingerprint density at radius 3 is 3.17 bits per heavy atom. The van der Waals surface area contributed by atoms with Crippen molar-refractivity contribution in [2.24, 2.45) is 5.92 Å². The number of hydrogen-bond donors (Lipinski definition) is 2. The Hall–Kier alpha value is -1.49. The van der Waals surface area contributed by atoms with Crippen LogP contribution >= 0.6 is 11.3 Å². The molecule has 18 heavy (non-hydrogen) atoms. The number of carbonyl (C=O) groups is 1. The molecule has 0 saturated carbocycles. The highest BCUT2D eigenvalue weighted by atomic mass is 32.1. The van der Waals surface area contributed by atoms with Crippen LogP contribution < -0.4 is 16.0 Å². The first kappa shape index (κ1) is 13.0. The Labute approximate surface area is 111 Å². The molecule has 1 aliphatic rings. The van der Waals surface area contributed by atoms with Gasteiger partial charge in [0.25, 0.3) is 5.91 Å². The third kappa shape index (κ3) is 2.67. The normalized spacial score (nSPS) is 18.9. The lowest BCUT2D eigenvalue weighted by atomic mass is 10.2. The van der Waals surface area contributed by atoms with Crippen LogP contribution in [0.4, 0.5) is 10.7 Å². The smallest absolute Gasteiger partial charge is 0.263 e. The predicted octanol–water partition coefficient (Wildman–Crippen LogP) is 2.09. The zero-order valence-electron chi connectivity index (χ0n) is 10.6. The lowest BCUT2D eigenvalue weighted by Gasteiger charge is -2.14. The van der Waals surface area contributed by atoms with E-state index in [-0.39, 0.29) is 5.91 Å². The third-order valence-electron chi connectivity index (χ3n) is 3.10. The fourth-order valence-electron chi connectivity index (χ4n) is 2.11. The number of nitrogens with zero attached hydrogens (tertiary/aromatic N) is 1. The maximum atomic E-state index is 11.9. The van der Waals surface area contributed by atoms with Crippen LogP contribution in [0.2, 0.25) is 0 Å². The summed E-state index contributed by atoms with van der Waals surface area (Å²) < 4.78 is 0. The highest BCUT2D eigenvalue weighted by molar-refractivity contribution is 7.18. The van der Waals surface area contributed by atoms with Crippen LogP contribution in [-0.4, -0.2) is 25.5 Å². The molecule has 3 N–H and O–H groups in total. The largest absolute Gasteiger partial charge is 0.397 e. The first-order chi connectivity index (χ1) is 8.61. The van der Waals surface area contributed by atoms with Crippen LogP contribution in [0.5, 0.6) is 0 Å². The molecule has 2 heterocycles. The average molecular weight is 265 g/mol. The molecule has 1 aliphatic heterocycles. The Balaban J connectivity index is 2.11. The van der Waals surface area contributed by atoms with Crippen molar-refractivity contribution in [2.75, 3.05) is 30.3 Å². The van der Waals surface area contributed by atoms with Crippen molar-refractivity contribution in [1.82, 2.24) is 5.32 Å². The van der Waals surface area contributed by atoms with Crippen molar-refractivity contribution in [3.05, 3.63) is 23.6 Å². The summed E-state index contributed by atoms with van der Waals surface area (Å²) in [5.74, 6) is 0.599. The Morgan fingerprint density at radius 2 is 2.56 bits per heavy atom. The molecule has 1 aromatic rings. The number of nitrogens with one attached hydrogen (secondary N) is 1. The van der Waals surface area contributed by atoms with Gasteiger partial charge in [0.2, 0.25) is 0 Å². The standard InChI is InChI=1S/C13H19N3OS/c1-3-5-15-13(17)12-10(14)7-11(18-12)16-6-4-9(2)8-16/h3,7,9H,1,4-6,8,14H2,2H3,(H,15,17). The summed E-state index contributed by atoms with van der Waals surface area (Å²) in [7, 11) is 0. The van der Waals surface area contributed by atoms with Gasteiger partial charge in [-0.05, 0) is 18.4 Å². The van der Waals surface area contributed by atoms with Crippen LogP contribution in [0, 0.1) is 5.92 Å². The highest BCUT2D eigenvalue weighted by Crippen LogP contribution is 2.34. The molecule has 0 aliphatic carbocycles. The molecule has 0 bridgehead atoms. The summed E-state index contributed by atoms with van der Waals surface area (Å²) in [6.45, 7) is 8.38. The molecule has 98 valence electrons. The van der Waals surface area contributed by atoms with Crippen molar-refractivity contribution in [1.29, 1.82) is 0 Å². The fraction of sp³-hybridized carbons (Fsp3) is 0.462. The Morgan fingerprint density at radius 1 is 1.78 bits per heavy atom. The second kappa shape index (κ2) is 5.44. The number of rotatable bonds is 4. The van der Waals surface area contributed by atoms with Gasteiger partial charge in [-0.2, -0.15) is 0 Å². The molecule has 1 aromatic heterocycles. The number of nitrogens with two attached hydrogens (primary N) is 1. The van der Waals surface area contributed by atoms with Gasteiger partial charge in [0.1, 0.15) is 4.88 Å². The summed E-state index contributed by atoms with van der Waals surface area (Å²) in [4.78, 5) is 14.8. The summed E-state index contributed by atoms with van der Waals surface area (Å²) in [6, 6.07) is 1.91. The van der Waals surface area contributed by atoms with E-state index < -0.39 is 0 Å². The molecule has 1 saturated heterocycles. The first-order valence-corrected chi connectivity index (χ1v) is 6.96. The zero-order chi connectivity index (χ0) is 13.1. The molecule has 0 aromatic carbocycles. The second-order valence-electron chi connectivity index (χ2n) is 4.71. The van der Waals surface area contributed by atoms with Crippen LogP contribution in [-0.2, 0) is 0 Å². The van der Waals surface area contributed by atoms with E-state index in [1.165, 1.54) is 17.8 Å². The Kier molecular flexibility index (Phi) is 3.91. The van der Waals surface area contributed by atoms with Gasteiger partial charge in [-0.25, -0.2) is 0 Å². The second-order valence-corrected chi connectivity index (χ2v) is 5.74. The number of amides is 1. The zero-order valence-corrected chi connectivity index (χ0v) is 11.4. The van der Waals surface area contributed by atoms with Crippen molar-refractivity contribution in [2.45, 2.75) is 13.3 Å². The third-order valence-corrected chi connectivity index (χ3v) is 4.31. The van der Waals surface area contributed by atoms with Crippen molar-refractivity contribution < 1.29 is 4.79 Å². The minimum atomic E-state index is -0.115. The van der Waals surface area contributed by atoms with Crippen LogP contribution in [0.15, 0.2) is 18.7 Å². The van der Waals surface area contributed by atoms with Crippen molar-refractivity contribution in [3.63, 3.8) is 0 Å². The fourth-order valence-corrected chi connectivity index (χ4v) is 3.14. The molecule has 0 spiro atoms. The van der Waals surface area contributed by atoms with E-state index in [2.05, 4.69) is 23.7 Å². The number of hydrogen-bond acceptors (Lipinski definition) is 4. The topological polar surface area (TPSA) is 58.4 Å². The van der Waals surface area contributed by atoms with E-state index in [1.807, 2.05) is 6.07 Å². The molecule has 4 nitrogen and oxygen atoms in total. The van der Waals surface area contributed by atoms with Crippen molar-refractivity contribution in [3.8, 4) is 0 Å². The molecular formula is C13H19N3OS. The summed E-state index contributed by atoms with van der Waals surface area (Å²) in [6.07, 6.45) is 2.86. The van der Waals surface area contributed by atoms with Gasteiger partial charge in [-0.1, -0.05) is 13.0 Å². The number of nitrogen functional groups attached to an aromatic ring is 1. The lowest BCUT2D eigenvalue weighted by molar-refractivity contribution is 0.0963. The Bertz CT molecular complexity index is 455. The minimum Gasteiger partial charge on any atom is -0.397 e. The summed E-state index contributed by atoms with van der Waals surface area (Å²) in [5.41, 5.74) is 6.48. The van der Waals surface area contributed by atoms with Gasteiger partial charge in [0, 0.05) is 19.6 Å². The molecular weight excluding hydrogens is 246 g/mol. The molecule has 5 heteroatoms. The average Bonchev–Trinajstić information content (AvgIpc) is 2.92. The van der Waals surface area contributed by atoms with Gasteiger partial charge >= 0.3 is 0 Å². The van der Waals surface area contributed by atoms with E-state index in [1.54, 1.807) is 6.08 Å². The molecule has 1 unspecified atom stereocenters. The van der Waals surface area contributed by atoms with Crippen LogP contribution in [0.3, 0.4) is 0 Å². The van der Waals surface area contributed by atoms with E-state index in [0.29, 0.717) is 23.0 Å². The number of thiophene rings is 1. The van der Waals surface area contributed by atoms with E-state index in [0.717, 1.165) is 18.1 Å². The van der Waals surface area contributed by atoms with E-state index >= 15 is 0 Å². The van der Waals surface area contributed by atoms with Crippen molar-refractivity contribution >= 4 is 27.9 Å². The summed E-state index contributed by atoms with van der Waals surface area (Å²) >= 11 is 1.47. The van der Waals surface area contributed by atoms with E-state index in [4.69, 9.17) is 5.73 Å². The van der Waals surface area contributed by atoms with E-state index in [9.17, 15) is 4.79 Å². The monoisotopic (exact) mass is 265 g/mol. The van der Waals surface area contributed by atoms with Crippen LogP contribution in [0.25, 0.3) is 0 Å². The van der Waals surface area contributed by atoms with Gasteiger partial charge in [-0.3, -0.25) is 4.79 Å². The molecule has 2 rings (SSSR count). The predicted molar refractivity (Wildman–Crippen MR) is 77.3 cm³/mol. The molecule has 1 fully saturated rings. The van der Waals surface area contributed by atoms with Gasteiger partial charge in [0.05, 0.1) is 10.7 Å². The number of carbonyl (C=O) groups excluding carboxylic acids is 1. The highest BCUT2D eigenvalue weighted by Gasteiger charge is 2.22. The minimum absolute atomic E-state index is 0.115. The quantitative estimate of drug-likeness (QED) is 0.820. The summed E-state index contributed by atoms with van der Waals surface area (Å²) in [5, 5.41) is 3.85. The van der Waals surface area contributed by atoms with Gasteiger partial charge in [0.15, 0.2) is 0 Å².